The fraction of sp³-hybridized carbons (Fsp3) is 0.302. The lowest BCUT2D eigenvalue weighted by atomic mass is 9.84. The number of carboxylic acids is 2. The number of hydrogen-bond donors (Lipinski definition) is 5. The van der Waals surface area contributed by atoms with Crippen LogP contribution in [-0.4, -0.2) is 51.1 Å². The molecule has 0 amide bonds. The predicted octanol–water partition coefficient (Wildman–Crippen LogP) is 9.29. The molecule has 0 aromatic heterocycles. The fourth-order valence-corrected chi connectivity index (χ4v) is 6.06. The highest BCUT2D eigenvalue weighted by Crippen LogP contribution is 2.37. The van der Waals surface area contributed by atoms with Gasteiger partial charge in [0.25, 0.3) is 0 Å². The fourth-order valence-electron chi connectivity index (χ4n) is 6.06. The first-order valence-electron chi connectivity index (χ1n) is 17.5. The first-order valence-corrected chi connectivity index (χ1v) is 17.5. The molecule has 0 aliphatic carbocycles. The highest BCUT2D eigenvalue weighted by atomic mass is 19.4. The quantitative estimate of drug-likeness (QED) is 0.0601. The highest BCUT2D eigenvalue weighted by molar-refractivity contribution is 5.83. The molecular formula is C43H43F6NO6. The average Bonchev–Trinajstić information content (AvgIpc) is 3.14. The summed E-state index contributed by atoms with van der Waals surface area (Å²) in [5.41, 5.74) is -0.202. The van der Waals surface area contributed by atoms with Crippen molar-refractivity contribution in [2.45, 2.75) is 65.0 Å². The molecule has 13 heteroatoms. The summed E-state index contributed by atoms with van der Waals surface area (Å²) in [7, 11) is 0. The lowest BCUT2D eigenvalue weighted by Crippen LogP contribution is -2.52. The third-order valence-corrected chi connectivity index (χ3v) is 10.1. The molecule has 0 unspecified atom stereocenters. The number of carbonyl (C=O) groups is 2. The van der Waals surface area contributed by atoms with Crippen LogP contribution in [0, 0.1) is 19.3 Å². The molecule has 4 aromatic rings. The molecule has 0 saturated heterocycles. The van der Waals surface area contributed by atoms with Crippen LogP contribution in [0.1, 0.15) is 75.9 Å². The Morgan fingerprint density at radius 3 is 1.48 bits per heavy atom. The monoisotopic (exact) mass is 783 g/mol. The van der Waals surface area contributed by atoms with Gasteiger partial charge in [0.15, 0.2) is 0 Å². The van der Waals surface area contributed by atoms with E-state index in [0.29, 0.717) is 22.3 Å². The Kier molecular flexibility index (Phi) is 13.4. The number of aliphatic hydroxyl groups is 2. The number of hydrogen-bond acceptors (Lipinski definition) is 5. The average molecular weight is 784 g/mol. The van der Waals surface area contributed by atoms with Gasteiger partial charge in [-0.2, -0.15) is 26.3 Å². The van der Waals surface area contributed by atoms with Crippen molar-refractivity contribution in [3.8, 4) is 11.1 Å². The van der Waals surface area contributed by atoms with E-state index in [1.165, 1.54) is 50.3 Å². The standard InChI is InChI=1S/C43H43F6NO6/c1-26-30(13-15-32-21-28(11-17-36(32)42(44,45)46)19-20-40(3,24-51)38(53)54)7-5-9-34(26)35-10-6-8-31(27(35)2)14-16-33-22-29(12-18-37(33)43(47,48)49)23-50-41(4,25-52)39(55)56/h5-18,21-22,50-52H,19-20,23-25H2,1-4H3,(H,53,54)(H,55,56)/b15-13+,16-14+/t40-,41-/m0/s1. The molecule has 4 rings (SSSR count). The van der Waals surface area contributed by atoms with Gasteiger partial charge in [0.1, 0.15) is 5.54 Å². The summed E-state index contributed by atoms with van der Waals surface area (Å²) in [5, 5.41) is 40.7. The second kappa shape index (κ2) is 17.3. The lowest BCUT2D eigenvalue weighted by molar-refractivity contribution is -0.150. The Labute approximate surface area is 320 Å². The van der Waals surface area contributed by atoms with E-state index in [1.54, 1.807) is 50.3 Å². The van der Waals surface area contributed by atoms with Gasteiger partial charge in [0.2, 0.25) is 0 Å². The van der Waals surface area contributed by atoms with Crippen LogP contribution in [-0.2, 0) is 34.9 Å². The maximum absolute atomic E-state index is 14.0. The molecule has 0 fully saturated rings. The smallest absolute Gasteiger partial charge is 0.416 e. The number of nitrogens with one attached hydrogen (secondary N) is 1. The summed E-state index contributed by atoms with van der Waals surface area (Å²) in [6, 6.07) is 17.7. The van der Waals surface area contributed by atoms with Crippen LogP contribution < -0.4 is 5.32 Å². The van der Waals surface area contributed by atoms with E-state index < -0.39 is 59.6 Å². The van der Waals surface area contributed by atoms with Crippen LogP contribution in [0.5, 0.6) is 0 Å². The van der Waals surface area contributed by atoms with Gasteiger partial charge in [0.05, 0.1) is 29.8 Å². The molecule has 298 valence electrons. The first-order chi connectivity index (χ1) is 26.1. The van der Waals surface area contributed by atoms with Gasteiger partial charge in [0, 0.05) is 6.54 Å². The summed E-state index contributed by atoms with van der Waals surface area (Å²) in [5.74, 6) is -2.53. The van der Waals surface area contributed by atoms with Gasteiger partial charge in [-0.05, 0) is 114 Å². The largest absolute Gasteiger partial charge is 0.481 e. The van der Waals surface area contributed by atoms with Crippen molar-refractivity contribution in [1.82, 2.24) is 5.32 Å². The molecule has 2 atom stereocenters. The van der Waals surface area contributed by atoms with Crippen molar-refractivity contribution in [2.75, 3.05) is 13.2 Å². The molecule has 0 radical (unpaired) electrons. The summed E-state index contributed by atoms with van der Waals surface area (Å²) < 4.78 is 84.2. The van der Waals surface area contributed by atoms with Crippen LogP contribution in [0.3, 0.4) is 0 Å². The second-order valence-corrected chi connectivity index (χ2v) is 14.2. The zero-order chi connectivity index (χ0) is 41.6. The number of aryl methyl sites for hydroxylation is 1. The number of benzene rings is 4. The van der Waals surface area contributed by atoms with E-state index in [4.69, 9.17) is 0 Å². The minimum Gasteiger partial charge on any atom is -0.481 e. The minimum absolute atomic E-state index is 0.00895. The highest BCUT2D eigenvalue weighted by Gasteiger charge is 2.36. The van der Waals surface area contributed by atoms with Gasteiger partial charge in [-0.3, -0.25) is 14.9 Å². The number of rotatable bonds is 15. The van der Waals surface area contributed by atoms with E-state index >= 15 is 0 Å². The molecule has 4 aromatic carbocycles. The molecule has 0 aliphatic heterocycles. The molecule has 0 bridgehead atoms. The zero-order valence-electron chi connectivity index (χ0n) is 31.1. The van der Waals surface area contributed by atoms with Crippen molar-refractivity contribution < 1.29 is 56.4 Å². The van der Waals surface area contributed by atoms with Crippen LogP contribution in [0.4, 0.5) is 26.3 Å². The summed E-state index contributed by atoms with van der Waals surface area (Å²) >= 11 is 0. The van der Waals surface area contributed by atoms with Crippen molar-refractivity contribution in [2.24, 2.45) is 5.41 Å². The van der Waals surface area contributed by atoms with Gasteiger partial charge < -0.3 is 20.4 Å². The molecule has 7 nitrogen and oxygen atoms in total. The number of alkyl halides is 6. The summed E-state index contributed by atoms with van der Waals surface area (Å²) in [4.78, 5) is 23.2. The van der Waals surface area contributed by atoms with Crippen LogP contribution >= 0.6 is 0 Å². The third-order valence-electron chi connectivity index (χ3n) is 10.1. The number of halogens is 6. The van der Waals surface area contributed by atoms with Gasteiger partial charge in [-0.15, -0.1) is 0 Å². The van der Waals surface area contributed by atoms with E-state index in [9.17, 15) is 56.4 Å². The first kappa shape index (κ1) is 43.5. The van der Waals surface area contributed by atoms with Crippen LogP contribution in [0.2, 0.25) is 0 Å². The Morgan fingerprint density at radius 1 is 0.625 bits per heavy atom. The van der Waals surface area contributed by atoms with Crippen LogP contribution in [0.15, 0.2) is 72.8 Å². The minimum atomic E-state index is -4.68. The van der Waals surface area contributed by atoms with E-state index in [0.717, 1.165) is 34.4 Å². The second-order valence-electron chi connectivity index (χ2n) is 14.2. The van der Waals surface area contributed by atoms with Crippen molar-refractivity contribution >= 4 is 36.2 Å². The Balaban J connectivity index is 1.68. The molecule has 0 aliphatic rings. The normalized spacial score (nSPS) is 14.6. The van der Waals surface area contributed by atoms with E-state index in [1.807, 2.05) is 12.1 Å². The van der Waals surface area contributed by atoms with Crippen molar-refractivity contribution in [3.05, 3.63) is 128 Å². The van der Waals surface area contributed by atoms with Crippen molar-refractivity contribution in [3.63, 3.8) is 0 Å². The maximum atomic E-state index is 14.0. The molecule has 0 spiro atoms. The van der Waals surface area contributed by atoms with Gasteiger partial charge >= 0.3 is 24.3 Å². The topological polar surface area (TPSA) is 127 Å². The number of aliphatic hydroxyl groups excluding tert-OH is 2. The van der Waals surface area contributed by atoms with E-state index in [-0.39, 0.29) is 30.5 Å². The number of carboxylic acid groups (broad SMARTS) is 2. The maximum Gasteiger partial charge on any atom is 0.416 e. The summed E-state index contributed by atoms with van der Waals surface area (Å²) in [6.45, 7) is 4.75. The molecule has 56 heavy (non-hydrogen) atoms. The van der Waals surface area contributed by atoms with Gasteiger partial charge in [-0.25, -0.2) is 0 Å². The molecule has 5 N–H and O–H groups in total. The Morgan fingerprint density at radius 2 is 1.07 bits per heavy atom. The van der Waals surface area contributed by atoms with Crippen LogP contribution in [0.25, 0.3) is 35.4 Å². The van der Waals surface area contributed by atoms with Crippen molar-refractivity contribution in [1.29, 1.82) is 0 Å². The van der Waals surface area contributed by atoms with Gasteiger partial charge in [-0.1, -0.05) is 78.9 Å². The zero-order valence-corrected chi connectivity index (χ0v) is 31.1. The Hall–Kier alpha value is -5.24. The lowest BCUT2D eigenvalue weighted by Gasteiger charge is -2.24. The predicted molar refractivity (Wildman–Crippen MR) is 203 cm³/mol. The summed E-state index contributed by atoms with van der Waals surface area (Å²) in [6.07, 6.45) is -3.44. The molecular weight excluding hydrogens is 740 g/mol. The van der Waals surface area contributed by atoms with E-state index in [2.05, 4.69) is 5.32 Å². The molecule has 0 saturated carbocycles. The number of aliphatic carboxylic acids is 2. The third kappa shape index (κ3) is 10.1. The molecule has 0 heterocycles. The Bertz CT molecular complexity index is 1990. The SMILES string of the molecule is Cc1c(/C=C/c2cc(CC[C@@](C)(CO)C(=O)O)ccc2C(F)(F)F)cccc1-c1cccc(/C=C/c2cc(CN[C@@](C)(CO)C(=O)O)ccc2C(F)(F)F)c1C.